The van der Waals surface area contributed by atoms with E-state index >= 15 is 0 Å². The lowest BCUT2D eigenvalue weighted by Crippen LogP contribution is -2.48. The Kier molecular flexibility index (Phi) is 8.80. The summed E-state index contributed by atoms with van der Waals surface area (Å²) in [4.78, 5) is 30.9. The number of halogens is 2. The molecule has 1 aliphatic rings. The van der Waals surface area contributed by atoms with E-state index in [0.29, 0.717) is 39.3 Å². The highest BCUT2D eigenvalue weighted by molar-refractivity contribution is 7.15. The van der Waals surface area contributed by atoms with Crippen molar-refractivity contribution in [2.75, 3.05) is 19.6 Å². The van der Waals surface area contributed by atoms with Crippen molar-refractivity contribution in [1.29, 1.82) is 0 Å². The monoisotopic (exact) mass is 577 g/mol. The Hall–Kier alpha value is -3.00. The van der Waals surface area contributed by atoms with Gasteiger partial charge in [0.05, 0.1) is 10.0 Å². The quantitative estimate of drug-likeness (QED) is 0.229. The minimum Gasteiger partial charge on any atom is -0.348 e. The molecule has 2 N–H and O–H groups in total. The van der Waals surface area contributed by atoms with Crippen LogP contribution in [0.3, 0.4) is 0 Å². The lowest BCUT2D eigenvalue weighted by Gasteiger charge is -2.31. The molecule has 0 aliphatic carbocycles. The molecule has 1 aliphatic heterocycles. The molecule has 1 atom stereocenters. The molecule has 0 bridgehead atoms. The summed E-state index contributed by atoms with van der Waals surface area (Å²) in [6, 6.07) is 24.6. The third-order valence-electron chi connectivity index (χ3n) is 6.73. The van der Waals surface area contributed by atoms with Gasteiger partial charge in [0.25, 0.3) is 5.91 Å². The van der Waals surface area contributed by atoms with Crippen molar-refractivity contribution in [1.82, 2.24) is 15.5 Å². The molecule has 1 saturated heterocycles. The maximum Gasteiger partial charge on any atom is 0.251 e. The van der Waals surface area contributed by atoms with Gasteiger partial charge in [-0.1, -0.05) is 53.5 Å². The minimum atomic E-state index is -0.243. The first-order chi connectivity index (χ1) is 18.9. The first-order valence-corrected chi connectivity index (χ1v) is 14.4. The molecule has 0 saturated carbocycles. The van der Waals surface area contributed by atoms with Crippen molar-refractivity contribution in [2.24, 2.45) is 0 Å². The average molecular weight is 579 g/mol. The number of carbonyl (C=O) groups is 2. The van der Waals surface area contributed by atoms with Crippen LogP contribution in [-0.4, -0.2) is 42.3 Å². The minimum absolute atomic E-state index is 0.224. The van der Waals surface area contributed by atoms with Gasteiger partial charge in [0.1, 0.15) is 0 Å². The van der Waals surface area contributed by atoms with Gasteiger partial charge in [-0.3, -0.25) is 14.5 Å². The summed E-state index contributed by atoms with van der Waals surface area (Å²) in [6.07, 6.45) is 0. The van der Waals surface area contributed by atoms with Crippen molar-refractivity contribution < 1.29 is 9.59 Å². The Morgan fingerprint density at radius 2 is 1.74 bits per heavy atom. The number of nitrogens with zero attached hydrogens (tertiary/aromatic N) is 1. The molecule has 1 fully saturated rings. The van der Waals surface area contributed by atoms with Crippen molar-refractivity contribution >= 4 is 46.2 Å². The Balaban J connectivity index is 1.22. The number of nitrogens with one attached hydrogen (secondary N) is 2. The van der Waals surface area contributed by atoms with Crippen LogP contribution in [0.1, 0.15) is 43.6 Å². The highest BCUT2D eigenvalue weighted by Crippen LogP contribution is 2.30. The molecule has 39 heavy (non-hydrogen) atoms. The number of hydrogen-bond acceptors (Lipinski definition) is 5. The summed E-state index contributed by atoms with van der Waals surface area (Å²) < 4.78 is 0. The van der Waals surface area contributed by atoms with E-state index in [1.54, 1.807) is 36.4 Å². The zero-order valence-corrected chi connectivity index (χ0v) is 23.9. The largest absolute Gasteiger partial charge is 0.348 e. The van der Waals surface area contributed by atoms with E-state index < -0.39 is 0 Å². The molecule has 0 unspecified atom stereocenters. The third kappa shape index (κ3) is 6.96. The van der Waals surface area contributed by atoms with Crippen LogP contribution in [-0.2, 0) is 13.1 Å². The summed E-state index contributed by atoms with van der Waals surface area (Å²) in [5.74, 6) is -0.467. The fourth-order valence-electron chi connectivity index (χ4n) is 4.72. The summed E-state index contributed by atoms with van der Waals surface area (Å²) in [5.41, 5.74) is 3.39. The van der Waals surface area contributed by atoms with Gasteiger partial charge in [0.2, 0.25) is 0 Å². The van der Waals surface area contributed by atoms with Gasteiger partial charge in [-0.05, 0) is 66.6 Å². The molecule has 0 radical (unpaired) electrons. The second-order valence-electron chi connectivity index (χ2n) is 9.78. The predicted octanol–water partition coefficient (Wildman–Crippen LogP) is 6.68. The van der Waals surface area contributed by atoms with Crippen LogP contribution < -0.4 is 10.6 Å². The standard InChI is InChI=1S/C31H29Cl2N3O2S/c1-20-18-36(13-12-34-20)19-26-9-11-29(39-26)22-5-2-4-21(14-22)17-35-31(38)25-7-3-6-23(15-25)30(37)24-8-10-27(32)28(33)16-24/h2-11,14-16,20,34H,12-13,17-19H2,1H3,(H,35,38)/t20-/m0/s1. The second kappa shape index (κ2) is 12.5. The molecule has 4 aromatic rings. The number of ketones is 1. The van der Waals surface area contributed by atoms with Crippen LogP contribution in [0.15, 0.2) is 78.9 Å². The smallest absolute Gasteiger partial charge is 0.251 e. The maximum absolute atomic E-state index is 12.9. The summed E-state index contributed by atoms with van der Waals surface area (Å²) in [7, 11) is 0. The van der Waals surface area contributed by atoms with Crippen LogP contribution in [0.2, 0.25) is 10.0 Å². The number of carbonyl (C=O) groups excluding carboxylic acids is 2. The van der Waals surface area contributed by atoms with Gasteiger partial charge < -0.3 is 10.6 Å². The predicted molar refractivity (Wildman–Crippen MR) is 160 cm³/mol. The third-order valence-corrected chi connectivity index (χ3v) is 8.59. The van der Waals surface area contributed by atoms with Crippen LogP contribution in [0.25, 0.3) is 10.4 Å². The molecule has 5 rings (SSSR count). The molecule has 1 aromatic heterocycles. The topological polar surface area (TPSA) is 61.4 Å². The first-order valence-electron chi connectivity index (χ1n) is 12.9. The van der Waals surface area contributed by atoms with E-state index in [0.717, 1.165) is 37.3 Å². The second-order valence-corrected chi connectivity index (χ2v) is 11.8. The molecular weight excluding hydrogens is 549 g/mol. The van der Waals surface area contributed by atoms with Crippen molar-refractivity contribution in [3.63, 3.8) is 0 Å². The molecule has 8 heteroatoms. The van der Waals surface area contributed by atoms with E-state index in [2.05, 4.69) is 46.7 Å². The van der Waals surface area contributed by atoms with Gasteiger partial charge in [-0.2, -0.15) is 0 Å². The van der Waals surface area contributed by atoms with E-state index in [-0.39, 0.29) is 11.7 Å². The Morgan fingerprint density at radius 1 is 0.949 bits per heavy atom. The SMILES string of the molecule is C[C@H]1CN(Cc2ccc(-c3cccc(CNC(=O)c4cccc(C(=O)c5ccc(Cl)c(Cl)c5)c4)c3)s2)CCN1. The van der Waals surface area contributed by atoms with Crippen molar-refractivity contribution in [2.45, 2.75) is 26.1 Å². The van der Waals surface area contributed by atoms with Crippen molar-refractivity contribution in [3.8, 4) is 10.4 Å². The molecule has 3 aromatic carbocycles. The van der Waals surface area contributed by atoms with Gasteiger partial charge in [0.15, 0.2) is 5.78 Å². The molecule has 2 heterocycles. The van der Waals surface area contributed by atoms with Gasteiger partial charge >= 0.3 is 0 Å². The van der Waals surface area contributed by atoms with Crippen LogP contribution >= 0.6 is 34.5 Å². The summed E-state index contributed by atoms with van der Waals surface area (Å²) in [6.45, 7) is 6.75. The van der Waals surface area contributed by atoms with Gasteiger partial charge in [-0.25, -0.2) is 0 Å². The first kappa shape index (κ1) is 27.6. The molecule has 5 nitrogen and oxygen atoms in total. The van der Waals surface area contributed by atoms with E-state index in [9.17, 15) is 9.59 Å². The van der Waals surface area contributed by atoms with E-state index in [4.69, 9.17) is 23.2 Å². The highest BCUT2D eigenvalue weighted by Gasteiger charge is 2.17. The van der Waals surface area contributed by atoms with Crippen LogP contribution in [0.4, 0.5) is 0 Å². The molecule has 0 spiro atoms. The molecule has 1 amide bonds. The van der Waals surface area contributed by atoms with Crippen LogP contribution in [0.5, 0.6) is 0 Å². The van der Waals surface area contributed by atoms with E-state index in [1.807, 2.05) is 23.5 Å². The van der Waals surface area contributed by atoms with Gasteiger partial charge in [0, 0.05) is 65.2 Å². The number of amides is 1. The number of rotatable bonds is 8. The number of benzene rings is 3. The normalized spacial score (nSPS) is 15.7. The Morgan fingerprint density at radius 3 is 2.56 bits per heavy atom. The average Bonchev–Trinajstić information content (AvgIpc) is 3.41. The Labute approximate surface area is 242 Å². The van der Waals surface area contributed by atoms with E-state index in [1.165, 1.54) is 15.8 Å². The number of hydrogen-bond donors (Lipinski definition) is 2. The summed E-state index contributed by atoms with van der Waals surface area (Å²) in [5, 5.41) is 7.17. The molecular formula is C31H29Cl2N3O2S. The number of thiophene rings is 1. The van der Waals surface area contributed by atoms with Gasteiger partial charge in [-0.15, -0.1) is 11.3 Å². The van der Waals surface area contributed by atoms with Crippen LogP contribution in [0, 0.1) is 0 Å². The lowest BCUT2D eigenvalue weighted by molar-refractivity contribution is 0.0951. The fourth-order valence-corrected chi connectivity index (χ4v) is 6.06. The highest BCUT2D eigenvalue weighted by atomic mass is 35.5. The number of piperazine rings is 1. The van der Waals surface area contributed by atoms with Crippen molar-refractivity contribution in [3.05, 3.63) is 116 Å². The zero-order valence-electron chi connectivity index (χ0n) is 21.5. The Bertz CT molecular complexity index is 1500. The molecule has 200 valence electrons. The summed E-state index contributed by atoms with van der Waals surface area (Å²) >= 11 is 13.9. The fraction of sp³-hybridized carbons (Fsp3) is 0.226. The lowest BCUT2D eigenvalue weighted by atomic mass is 10.0. The maximum atomic E-state index is 12.9. The zero-order chi connectivity index (χ0) is 27.4.